The molecule has 16 heavy (non-hydrogen) atoms. The second-order valence-electron chi connectivity index (χ2n) is 3.68. The SMILES string of the molecule is Clc1cc(C2CC2)nc(-c2ncc(Cl)s2)n1. The van der Waals surface area contributed by atoms with Crippen molar-refractivity contribution < 1.29 is 0 Å². The first-order chi connectivity index (χ1) is 7.72. The molecule has 1 aliphatic rings. The van der Waals surface area contributed by atoms with E-state index in [9.17, 15) is 0 Å². The maximum Gasteiger partial charge on any atom is 0.190 e. The van der Waals surface area contributed by atoms with Crippen LogP contribution < -0.4 is 0 Å². The van der Waals surface area contributed by atoms with Crippen LogP contribution in [-0.4, -0.2) is 15.0 Å². The van der Waals surface area contributed by atoms with Crippen molar-refractivity contribution >= 4 is 34.5 Å². The third-order valence-corrected chi connectivity index (χ3v) is 3.68. The summed E-state index contributed by atoms with van der Waals surface area (Å²) in [6.07, 6.45) is 3.97. The van der Waals surface area contributed by atoms with Crippen LogP contribution in [0.3, 0.4) is 0 Å². The van der Waals surface area contributed by atoms with Gasteiger partial charge in [-0.05, 0) is 18.9 Å². The number of hydrogen-bond acceptors (Lipinski definition) is 4. The molecule has 3 rings (SSSR count). The number of rotatable bonds is 2. The van der Waals surface area contributed by atoms with Gasteiger partial charge in [-0.1, -0.05) is 34.5 Å². The normalized spacial score (nSPS) is 15.4. The van der Waals surface area contributed by atoms with E-state index in [-0.39, 0.29) is 0 Å². The molecule has 0 aliphatic heterocycles. The summed E-state index contributed by atoms with van der Waals surface area (Å²) in [5.74, 6) is 1.13. The van der Waals surface area contributed by atoms with Gasteiger partial charge in [0.15, 0.2) is 10.8 Å². The summed E-state index contributed by atoms with van der Waals surface area (Å²) < 4.78 is 0.631. The Hall–Kier alpha value is -0.710. The Labute approximate surface area is 106 Å². The summed E-state index contributed by atoms with van der Waals surface area (Å²) in [5, 5.41) is 1.19. The summed E-state index contributed by atoms with van der Waals surface area (Å²) in [4.78, 5) is 12.8. The molecule has 6 heteroatoms. The molecule has 0 atom stereocenters. The van der Waals surface area contributed by atoms with Crippen molar-refractivity contribution in [3.05, 3.63) is 27.4 Å². The van der Waals surface area contributed by atoms with Gasteiger partial charge in [-0.2, -0.15) is 0 Å². The van der Waals surface area contributed by atoms with Crippen molar-refractivity contribution in [2.45, 2.75) is 18.8 Å². The fourth-order valence-electron chi connectivity index (χ4n) is 1.48. The van der Waals surface area contributed by atoms with Crippen molar-refractivity contribution in [1.29, 1.82) is 0 Å². The van der Waals surface area contributed by atoms with E-state index in [0.717, 1.165) is 10.7 Å². The molecule has 2 aromatic heterocycles. The molecule has 2 heterocycles. The van der Waals surface area contributed by atoms with Crippen molar-refractivity contribution in [2.75, 3.05) is 0 Å². The first-order valence-corrected chi connectivity index (χ1v) is 6.46. The third-order valence-electron chi connectivity index (χ3n) is 2.38. The fourth-order valence-corrected chi connectivity index (χ4v) is 2.51. The monoisotopic (exact) mass is 271 g/mol. The fraction of sp³-hybridized carbons (Fsp3) is 0.300. The van der Waals surface area contributed by atoms with Crippen LogP contribution in [0.1, 0.15) is 24.5 Å². The first kappa shape index (κ1) is 10.4. The molecule has 0 bridgehead atoms. The van der Waals surface area contributed by atoms with Gasteiger partial charge < -0.3 is 0 Å². The molecule has 0 radical (unpaired) electrons. The number of halogens is 2. The van der Waals surface area contributed by atoms with Crippen molar-refractivity contribution in [3.63, 3.8) is 0 Å². The molecule has 0 saturated heterocycles. The van der Waals surface area contributed by atoms with Crippen LogP contribution in [-0.2, 0) is 0 Å². The third kappa shape index (κ3) is 2.05. The summed E-state index contributed by atoms with van der Waals surface area (Å²) >= 11 is 13.2. The lowest BCUT2D eigenvalue weighted by atomic mass is 10.3. The van der Waals surface area contributed by atoms with Gasteiger partial charge in [-0.3, -0.25) is 0 Å². The molecular weight excluding hydrogens is 265 g/mol. The zero-order valence-corrected chi connectivity index (χ0v) is 10.5. The van der Waals surface area contributed by atoms with E-state index in [1.807, 2.05) is 6.07 Å². The maximum absolute atomic E-state index is 5.97. The summed E-state index contributed by atoms with van der Waals surface area (Å²) in [5.41, 5.74) is 1.02. The predicted molar refractivity (Wildman–Crippen MR) is 65.1 cm³/mol. The van der Waals surface area contributed by atoms with Gasteiger partial charge in [0.1, 0.15) is 9.49 Å². The van der Waals surface area contributed by atoms with E-state index < -0.39 is 0 Å². The Morgan fingerprint density at radius 3 is 2.69 bits per heavy atom. The lowest BCUT2D eigenvalue weighted by molar-refractivity contribution is 0.992. The highest BCUT2D eigenvalue weighted by atomic mass is 35.5. The van der Waals surface area contributed by atoms with E-state index in [0.29, 0.717) is 21.2 Å². The molecule has 1 fully saturated rings. The smallest absolute Gasteiger partial charge is 0.190 e. The van der Waals surface area contributed by atoms with Crippen LogP contribution in [0, 0.1) is 0 Å². The largest absolute Gasteiger partial charge is 0.240 e. The van der Waals surface area contributed by atoms with E-state index in [1.54, 1.807) is 6.20 Å². The summed E-state index contributed by atoms with van der Waals surface area (Å²) in [7, 11) is 0. The predicted octanol–water partition coefficient (Wildman–Crippen LogP) is 3.78. The van der Waals surface area contributed by atoms with Crippen LogP contribution in [0.25, 0.3) is 10.8 Å². The molecule has 0 amide bonds. The van der Waals surface area contributed by atoms with Crippen molar-refractivity contribution in [3.8, 4) is 10.8 Å². The van der Waals surface area contributed by atoms with Gasteiger partial charge in [0.05, 0.1) is 6.20 Å². The Morgan fingerprint density at radius 1 is 1.25 bits per heavy atom. The number of aromatic nitrogens is 3. The standard InChI is InChI=1S/C10H7Cl2N3S/c11-7-3-6(5-1-2-5)14-9(15-7)10-13-4-8(12)16-10/h3-5H,1-2H2. The minimum absolute atomic E-state index is 0.471. The zero-order chi connectivity index (χ0) is 11.1. The van der Waals surface area contributed by atoms with Crippen LogP contribution >= 0.6 is 34.5 Å². The highest BCUT2D eigenvalue weighted by Gasteiger charge is 2.26. The molecular formula is C10H7Cl2N3S. The molecule has 1 saturated carbocycles. The molecule has 1 aliphatic carbocycles. The Morgan fingerprint density at radius 2 is 2.06 bits per heavy atom. The second-order valence-corrected chi connectivity index (χ2v) is 5.73. The molecule has 82 valence electrons. The van der Waals surface area contributed by atoms with Crippen LogP contribution in [0.4, 0.5) is 0 Å². The molecule has 0 spiro atoms. The lowest BCUT2D eigenvalue weighted by Gasteiger charge is -2.01. The van der Waals surface area contributed by atoms with Gasteiger partial charge in [0.2, 0.25) is 0 Å². The van der Waals surface area contributed by atoms with E-state index in [1.165, 1.54) is 24.2 Å². The van der Waals surface area contributed by atoms with E-state index >= 15 is 0 Å². The van der Waals surface area contributed by atoms with Gasteiger partial charge in [0, 0.05) is 11.6 Å². The minimum Gasteiger partial charge on any atom is -0.240 e. The summed E-state index contributed by atoms with van der Waals surface area (Å²) in [6, 6.07) is 1.83. The first-order valence-electron chi connectivity index (χ1n) is 4.88. The molecule has 0 aromatic carbocycles. The zero-order valence-electron chi connectivity index (χ0n) is 8.15. The van der Waals surface area contributed by atoms with Gasteiger partial charge >= 0.3 is 0 Å². The topological polar surface area (TPSA) is 38.7 Å². The Balaban J connectivity index is 2.06. The van der Waals surface area contributed by atoms with Gasteiger partial charge in [-0.15, -0.1) is 0 Å². The van der Waals surface area contributed by atoms with Crippen molar-refractivity contribution in [2.24, 2.45) is 0 Å². The summed E-state index contributed by atoms with van der Waals surface area (Å²) in [6.45, 7) is 0. The molecule has 0 unspecified atom stereocenters. The average Bonchev–Trinajstić information content (AvgIpc) is 3.01. The van der Waals surface area contributed by atoms with E-state index in [4.69, 9.17) is 23.2 Å². The van der Waals surface area contributed by atoms with Gasteiger partial charge in [0.25, 0.3) is 0 Å². The van der Waals surface area contributed by atoms with Crippen LogP contribution in [0.15, 0.2) is 12.3 Å². The highest BCUT2D eigenvalue weighted by molar-refractivity contribution is 7.18. The number of hydrogen-bond donors (Lipinski definition) is 0. The molecule has 3 nitrogen and oxygen atoms in total. The quantitative estimate of drug-likeness (QED) is 0.781. The Kier molecular flexibility index (Phi) is 2.58. The maximum atomic E-state index is 5.97. The average molecular weight is 272 g/mol. The van der Waals surface area contributed by atoms with E-state index in [2.05, 4.69) is 15.0 Å². The lowest BCUT2D eigenvalue weighted by Crippen LogP contribution is -1.94. The van der Waals surface area contributed by atoms with Crippen molar-refractivity contribution in [1.82, 2.24) is 15.0 Å². The Bertz CT molecular complexity index is 537. The number of nitrogens with zero attached hydrogens (tertiary/aromatic N) is 3. The van der Waals surface area contributed by atoms with Gasteiger partial charge in [-0.25, -0.2) is 15.0 Å². The molecule has 2 aromatic rings. The highest BCUT2D eigenvalue weighted by Crippen LogP contribution is 2.40. The minimum atomic E-state index is 0.471. The van der Waals surface area contributed by atoms with Crippen LogP contribution in [0.2, 0.25) is 9.49 Å². The second kappa shape index (κ2) is 3.95. The van der Waals surface area contributed by atoms with Crippen LogP contribution in [0.5, 0.6) is 0 Å². The molecule has 0 N–H and O–H groups in total. The number of thiazole rings is 1.